The second-order valence-electron chi connectivity index (χ2n) is 5.21. The molecule has 0 aliphatic carbocycles. The number of nitrogens with zero attached hydrogens (tertiary/aromatic N) is 1. The zero-order valence-corrected chi connectivity index (χ0v) is 12.3. The van der Waals surface area contributed by atoms with Gasteiger partial charge in [0.2, 0.25) is 5.91 Å². The van der Waals surface area contributed by atoms with Crippen LogP contribution in [0.1, 0.15) is 34.1 Å². The van der Waals surface area contributed by atoms with Crippen molar-refractivity contribution in [3.8, 4) is 0 Å². The van der Waals surface area contributed by atoms with Crippen molar-refractivity contribution in [3.05, 3.63) is 47.5 Å². The second kappa shape index (κ2) is 5.60. The first-order chi connectivity index (χ1) is 10.6. The van der Waals surface area contributed by atoms with Crippen molar-refractivity contribution >= 4 is 28.5 Å². The minimum atomic E-state index is -0.295. The van der Waals surface area contributed by atoms with Crippen LogP contribution in [-0.4, -0.2) is 35.7 Å². The SMILES string of the molecule is CCC(=O)NCCN1C(=O)c2cc3ccccc3cc2C1=O. The molecule has 0 spiro atoms. The number of carbonyl (C=O) groups is 3. The van der Waals surface area contributed by atoms with Crippen LogP contribution >= 0.6 is 0 Å². The van der Waals surface area contributed by atoms with E-state index in [-0.39, 0.29) is 30.8 Å². The summed E-state index contributed by atoms with van der Waals surface area (Å²) in [6.07, 6.45) is 0.382. The number of hydrogen-bond acceptors (Lipinski definition) is 3. The summed E-state index contributed by atoms with van der Waals surface area (Å²) in [6.45, 7) is 2.22. The van der Waals surface area contributed by atoms with Crippen LogP contribution in [0.3, 0.4) is 0 Å². The van der Waals surface area contributed by atoms with Crippen molar-refractivity contribution < 1.29 is 14.4 Å². The number of fused-ring (bicyclic) bond motifs is 2. The molecule has 0 aromatic heterocycles. The molecule has 0 atom stereocenters. The summed E-state index contributed by atoms with van der Waals surface area (Å²) in [4.78, 5) is 37.2. The van der Waals surface area contributed by atoms with Crippen LogP contribution < -0.4 is 5.32 Å². The Hall–Kier alpha value is -2.69. The summed E-state index contributed by atoms with van der Waals surface area (Å²) in [6, 6.07) is 11.1. The highest BCUT2D eigenvalue weighted by Gasteiger charge is 2.35. The van der Waals surface area contributed by atoms with Crippen LogP contribution in [0.4, 0.5) is 0 Å². The summed E-state index contributed by atoms with van der Waals surface area (Å²) >= 11 is 0. The first-order valence-electron chi connectivity index (χ1n) is 7.27. The Morgan fingerprint density at radius 2 is 1.59 bits per heavy atom. The number of hydrogen-bond donors (Lipinski definition) is 1. The van der Waals surface area contributed by atoms with E-state index in [9.17, 15) is 14.4 Å². The molecule has 0 saturated carbocycles. The van der Waals surface area contributed by atoms with Gasteiger partial charge in [0.05, 0.1) is 11.1 Å². The van der Waals surface area contributed by atoms with Gasteiger partial charge in [-0.3, -0.25) is 19.3 Å². The zero-order chi connectivity index (χ0) is 15.7. The average molecular weight is 296 g/mol. The van der Waals surface area contributed by atoms with Crippen LogP contribution in [0.2, 0.25) is 0 Å². The van der Waals surface area contributed by atoms with Crippen molar-refractivity contribution in [2.45, 2.75) is 13.3 Å². The predicted octanol–water partition coefficient (Wildman–Crippen LogP) is 1.96. The molecule has 1 aliphatic rings. The van der Waals surface area contributed by atoms with Crippen LogP contribution in [0, 0.1) is 0 Å². The van der Waals surface area contributed by atoms with Gasteiger partial charge in [-0.25, -0.2) is 0 Å². The van der Waals surface area contributed by atoms with Gasteiger partial charge in [-0.05, 0) is 22.9 Å². The van der Waals surface area contributed by atoms with Crippen molar-refractivity contribution in [3.63, 3.8) is 0 Å². The molecule has 112 valence electrons. The van der Waals surface area contributed by atoms with Gasteiger partial charge in [0, 0.05) is 19.5 Å². The maximum Gasteiger partial charge on any atom is 0.261 e. The topological polar surface area (TPSA) is 66.5 Å². The summed E-state index contributed by atoms with van der Waals surface area (Å²) in [5.74, 6) is -0.685. The third-order valence-corrected chi connectivity index (χ3v) is 3.82. The summed E-state index contributed by atoms with van der Waals surface area (Å²) in [5.41, 5.74) is 0.871. The van der Waals surface area contributed by atoms with Crippen molar-refractivity contribution in [2.75, 3.05) is 13.1 Å². The lowest BCUT2D eigenvalue weighted by Gasteiger charge is -2.13. The average Bonchev–Trinajstić information content (AvgIpc) is 2.77. The lowest BCUT2D eigenvalue weighted by atomic mass is 10.0. The third-order valence-electron chi connectivity index (χ3n) is 3.82. The number of amides is 3. The van der Waals surface area contributed by atoms with Crippen LogP contribution in [0.15, 0.2) is 36.4 Å². The Bertz CT molecular complexity index is 728. The van der Waals surface area contributed by atoms with Crippen molar-refractivity contribution in [1.29, 1.82) is 0 Å². The van der Waals surface area contributed by atoms with E-state index in [2.05, 4.69) is 5.32 Å². The molecule has 1 aliphatic heterocycles. The Kier molecular flexibility index (Phi) is 3.63. The highest BCUT2D eigenvalue weighted by atomic mass is 16.2. The van der Waals surface area contributed by atoms with Crippen molar-refractivity contribution in [1.82, 2.24) is 10.2 Å². The standard InChI is InChI=1S/C17H16N2O3/c1-2-15(20)18-7-8-19-16(21)13-9-11-5-3-4-6-12(11)10-14(13)17(19)22/h3-6,9-10H,2,7-8H2,1H3,(H,18,20). The van der Waals surface area contributed by atoms with Gasteiger partial charge in [0.15, 0.2) is 0 Å². The fourth-order valence-corrected chi connectivity index (χ4v) is 2.61. The van der Waals surface area contributed by atoms with Crippen LogP contribution in [0.5, 0.6) is 0 Å². The molecule has 1 heterocycles. The fraction of sp³-hybridized carbons (Fsp3) is 0.235. The van der Waals surface area contributed by atoms with E-state index < -0.39 is 0 Å². The zero-order valence-electron chi connectivity index (χ0n) is 12.3. The van der Waals surface area contributed by atoms with E-state index in [0.29, 0.717) is 17.5 Å². The number of imide groups is 1. The lowest BCUT2D eigenvalue weighted by molar-refractivity contribution is -0.120. The fourth-order valence-electron chi connectivity index (χ4n) is 2.61. The van der Waals surface area contributed by atoms with Crippen molar-refractivity contribution in [2.24, 2.45) is 0 Å². The van der Waals surface area contributed by atoms with Gasteiger partial charge < -0.3 is 5.32 Å². The van der Waals surface area contributed by atoms with E-state index in [1.807, 2.05) is 24.3 Å². The molecular formula is C17H16N2O3. The highest BCUT2D eigenvalue weighted by Crippen LogP contribution is 2.27. The molecule has 0 bridgehead atoms. The molecule has 22 heavy (non-hydrogen) atoms. The van der Waals surface area contributed by atoms with Gasteiger partial charge in [-0.15, -0.1) is 0 Å². The van der Waals surface area contributed by atoms with E-state index in [1.54, 1.807) is 19.1 Å². The van der Waals surface area contributed by atoms with Gasteiger partial charge in [0.25, 0.3) is 11.8 Å². The summed E-state index contributed by atoms with van der Waals surface area (Å²) in [7, 11) is 0. The van der Waals surface area contributed by atoms with E-state index in [4.69, 9.17) is 0 Å². The molecule has 2 aromatic carbocycles. The first kappa shape index (κ1) is 14.3. The predicted molar refractivity (Wildman–Crippen MR) is 82.6 cm³/mol. The van der Waals surface area contributed by atoms with Gasteiger partial charge in [-0.2, -0.15) is 0 Å². The number of carbonyl (C=O) groups excluding carboxylic acids is 3. The Labute approximate surface area is 127 Å². The van der Waals surface area contributed by atoms with E-state index in [1.165, 1.54) is 4.90 Å². The van der Waals surface area contributed by atoms with E-state index >= 15 is 0 Å². The van der Waals surface area contributed by atoms with Gasteiger partial charge >= 0.3 is 0 Å². The minimum Gasteiger partial charge on any atom is -0.354 e. The monoisotopic (exact) mass is 296 g/mol. The largest absolute Gasteiger partial charge is 0.354 e. The van der Waals surface area contributed by atoms with Gasteiger partial charge in [0.1, 0.15) is 0 Å². The molecule has 3 rings (SSSR count). The molecule has 0 radical (unpaired) electrons. The normalized spacial score (nSPS) is 13.6. The van der Waals surface area contributed by atoms with E-state index in [0.717, 1.165) is 10.8 Å². The molecule has 5 nitrogen and oxygen atoms in total. The number of benzene rings is 2. The molecule has 0 fully saturated rings. The van der Waals surface area contributed by atoms with Crippen LogP contribution in [-0.2, 0) is 4.79 Å². The first-order valence-corrected chi connectivity index (χ1v) is 7.27. The Morgan fingerprint density at radius 3 is 2.09 bits per heavy atom. The molecule has 0 unspecified atom stereocenters. The lowest BCUT2D eigenvalue weighted by Crippen LogP contribution is -2.37. The molecule has 2 aromatic rings. The summed E-state index contributed by atoms with van der Waals surface area (Å²) in [5, 5.41) is 4.54. The molecule has 5 heteroatoms. The maximum atomic E-state index is 12.4. The molecular weight excluding hydrogens is 280 g/mol. The Morgan fingerprint density at radius 1 is 1.05 bits per heavy atom. The second-order valence-corrected chi connectivity index (χ2v) is 5.21. The highest BCUT2D eigenvalue weighted by molar-refractivity contribution is 6.23. The van der Waals surface area contributed by atoms with Gasteiger partial charge in [-0.1, -0.05) is 31.2 Å². The number of nitrogens with one attached hydrogen (secondary N) is 1. The minimum absolute atomic E-state index is 0.0950. The third kappa shape index (κ3) is 2.35. The smallest absolute Gasteiger partial charge is 0.261 e. The molecule has 0 saturated heterocycles. The van der Waals surface area contributed by atoms with Crippen LogP contribution in [0.25, 0.3) is 10.8 Å². The maximum absolute atomic E-state index is 12.4. The number of rotatable bonds is 4. The molecule has 1 N–H and O–H groups in total. The molecule has 3 amide bonds. The summed E-state index contributed by atoms with van der Waals surface area (Å²) < 4.78 is 0. The Balaban J connectivity index is 1.85. The quantitative estimate of drug-likeness (QED) is 0.877.